The van der Waals surface area contributed by atoms with Crippen LogP contribution in [0.3, 0.4) is 0 Å². The van der Waals surface area contributed by atoms with E-state index >= 15 is 0 Å². The Bertz CT molecular complexity index is 1140. The van der Waals surface area contributed by atoms with Crippen molar-refractivity contribution in [1.29, 1.82) is 0 Å². The van der Waals surface area contributed by atoms with Crippen LogP contribution in [0.25, 0.3) is 22.3 Å². The van der Waals surface area contributed by atoms with E-state index < -0.39 is 0 Å². The van der Waals surface area contributed by atoms with Crippen LogP contribution in [0.1, 0.15) is 32.6 Å². The largest absolute Gasteiger partial charge is 0.508 e. The molecule has 1 N–H and O–H groups in total. The number of carbonyl (C=O) groups is 1. The van der Waals surface area contributed by atoms with Gasteiger partial charge in [0.2, 0.25) is 0 Å². The molecule has 0 saturated heterocycles. The van der Waals surface area contributed by atoms with E-state index in [0.717, 1.165) is 16.7 Å². The lowest BCUT2D eigenvalue weighted by atomic mass is 9.98. The fourth-order valence-corrected chi connectivity index (χ4v) is 3.64. The maximum absolute atomic E-state index is 12.7. The van der Waals surface area contributed by atoms with Gasteiger partial charge in [0, 0.05) is 22.1 Å². The number of hydrogen-bond acceptors (Lipinski definition) is 3. The summed E-state index contributed by atoms with van der Waals surface area (Å²) in [6, 6.07) is 18.1. The summed E-state index contributed by atoms with van der Waals surface area (Å²) in [5, 5.41) is 10.4. The lowest BCUT2D eigenvalue weighted by molar-refractivity contribution is 0.103. The van der Waals surface area contributed by atoms with Crippen molar-refractivity contribution in [3.8, 4) is 17.1 Å². The molecule has 0 saturated carbocycles. The van der Waals surface area contributed by atoms with E-state index in [4.69, 9.17) is 4.42 Å². The Morgan fingerprint density at radius 3 is 2.11 bits per heavy atom. The highest BCUT2D eigenvalue weighted by atomic mass is 16.3. The van der Waals surface area contributed by atoms with Gasteiger partial charge in [0.15, 0.2) is 5.78 Å². The molecule has 0 aliphatic rings. The van der Waals surface area contributed by atoms with E-state index in [-0.39, 0.29) is 11.5 Å². The molecule has 0 radical (unpaired) electrons. The molecule has 3 nitrogen and oxygen atoms in total. The Hall–Kier alpha value is -3.33. The van der Waals surface area contributed by atoms with Gasteiger partial charge in [-0.25, -0.2) is 0 Å². The highest BCUT2D eigenvalue weighted by Gasteiger charge is 2.15. The van der Waals surface area contributed by atoms with Crippen molar-refractivity contribution in [2.24, 2.45) is 0 Å². The number of phenols is 1. The van der Waals surface area contributed by atoms with Crippen molar-refractivity contribution in [3.63, 3.8) is 0 Å². The molecule has 134 valence electrons. The van der Waals surface area contributed by atoms with Crippen molar-refractivity contribution in [1.82, 2.24) is 0 Å². The van der Waals surface area contributed by atoms with Crippen LogP contribution >= 0.6 is 0 Å². The van der Waals surface area contributed by atoms with Crippen LogP contribution in [0, 0.1) is 20.8 Å². The minimum Gasteiger partial charge on any atom is -0.508 e. The molecule has 0 bridgehead atoms. The molecule has 27 heavy (non-hydrogen) atoms. The van der Waals surface area contributed by atoms with Crippen LogP contribution in [-0.2, 0) is 0 Å². The Morgan fingerprint density at radius 1 is 0.815 bits per heavy atom. The first-order valence-corrected chi connectivity index (χ1v) is 8.88. The Balaban J connectivity index is 1.77. The summed E-state index contributed by atoms with van der Waals surface area (Å²) < 4.78 is 6.11. The summed E-state index contributed by atoms with van der Waals surface area (Å²) in [7, 11) is 0. The molecule has 1 aromatic heterocycles. The molecule has 3 heteroatoms. The predicted molar refractivity (Wildman–Crippen MR) is 107 cm³/mol. The molecule has 0 spiro atoms. The minimum atomic E-state index is -0.0995. The predicted octanol–water partition coefficient (Wildman–Crippen LogP) is 5.96. The monoisotopic (exact) mass is 356 g/mol. The number of aromatic hydroxyl groups is 1. The van der Waals surface area contributed by atoms with E-state index in [2.05, 4.69) is 32.9 Å². The lowest BCUT2D eigenvalue weighted by Gasteiger charge is -2.08. The second kappa shape index (κ2) is 6.44. The number of aryl methyl sites for hydroxylation is 3. The van der Waals surface area contributed by atoms with Gasteiger partial charge in [-0.3, -0.25) is 4.79 Å². The second-order valence-electron chi connectivity index (χ2n) is 7.01. The van der Waals surface area contributed by atoms with Crippen molar-refractivity contribution < 1.29 is 14.3 Å². The van der Waals surface area contributed by atoms with E-state index in [0.29, 0.717) is 16.7 Å². The number of fused-ring (bicyclic) bond motifs is 1. The zero-order valence-corrected chi connectivity index (χ0v) is 15.5. The summed E-state index contributed by atoms with van der Waals surface area (Å²) >= 11 is 0. The minimum absolute atomic E-state index is 0.0995. The van der Waals surface area contributed by atoms with Crippen LogP contribution in [0.15, 0.2) is 65.1 Å². The van der Waals surface area contributed by atoms with Crippen molar-refractivity contribution >= 4 is 16.8 Å². The normalized spacial score (nSPS) is 11.1. The Kier molecular flexibility index (Phi) is 4.08. The summed E-state index contributed by atoms with van der Waals surface area (Å²) in [6.07, 6.45) is 0. The molecule has 0 amide bonds. The molecule has 0 atom stereocenters. The Morgan fingerprint density at radius 2 is 1.44 bits per heavy atom. The second-order valence-corrected chi connectivity index (χ2v) is 7.01. The van der Waals surface area contributed by atoms with Crippen molar-refractivity contribution in [2.45, 2.75) is 20.8 Å². The standard InChI is InChI=1S/C24H20O3/c1-14-10-15(2)23(16(3)11-14)22-12-18-4-5-19(13-21(18)27-22)24(26)17-6-8-20(25)9-7-17/h4-13,25H,1-3H3. The van der Waals surface area contributed by atoms with Crippen molar-refractivity contribution in [3.05, 3.63) is 88.5 Å². The van der Waals surface area contributed by atoms with E-state index in [1.807, 2.05) is 18.2 Å². The first-order valence-electron chi connectivity index (χ1n) is 8.88. The Labute approximate surface area is 157 Å². The molecule has 4 aromatic rings. The lowest BCUT2D eigenvalue weighted by Crippen LogP contribution is -2.00. The number of ketones is 1. The first kappa shape index (κ1) is 17.1. The third kappa shape index (κ3) is 3.13. The van der Waals surface area contributed by atoms with Gasteiger partial charge < -0.3 is 9.52 Å². The molecule has 3 aromatic carbocycles. The average molecular weight is 356 g/mol. The third-order valence-corrected chi connectivity index (χ3v) is 4.84. The molecule has 4 rings (SSSR count). The summed E-state index contributed by atoms with van der Waals surface area (Å²) in [6.45, 7) is 6.26. The zero-order valence-electron chi connectivity index (χ0n) is 15.5. The molecule has 0 aliphatic carbocycles. The van der Waals surface area contributed by atoms with Crippen LogP contribution in [-0.4, -0.2) is 10.9 Å². The smallest absolute Gasteiger partial charge is 0.193 e. The molecule has 0 aliphatic heterocycles. The topological polar surface area (TPSA) is 50.4 Å². The number of furan rings is 1. The van der Waals surface area contributed by atoms with Gasteiger partial charge in [0.25, 0.3) is 0 Å². The average Bonchev–Trinajstić information content (AvgIpc) is 3.03. The maximum Gasteiger partial charge on any atom is 0.193 e. The molecule has 1 heterocycles. The quantitative estimate of drug-likeness (QED) is 0.461. The zero-order chi connectivity index (χ0) is 19.1. The van der Waals surface area contributed by atoms with Crippen LogP contribution in [0.4, 0.5) is 0 Å². The third-order valence-electron chi connectivity index (χ3n) is 4.84. The number of phenolic OH excluding ortho intramolecular Hbond substituents is 1. The van der Waals surface area contributed by atoms with Gasteiger partial charge in [-0.05, 0) is 68.3 Å². The number of carbonyl (C=O) groups excluding carboxylic acids is 1. The van der Waals surface area contributed by atoms with Gasteiger partial charge in [0.05, 0.1) is 0 Å². The van der Waals surface area contributed by atoms with Gasteiger partial charge in [-0.1, -0.05) is 29.8 Å². The van der Waals surface area contributed by atoms with E-state index in [1.165, 1.54) is 28.8 Å². The van der Waals surface area contributed by atoms with E-state index in [1.54, 1.807) is 18.2 Å². The molecule has 0 unspecified atom stereocenters. The fraction of sp³-hybridized carbons (Fsp3) is 0.125. The van der Waals surface area contributed by atoms with Crippen LogP contribution < -0.4 is 0 Å². The maximum atomic E-state index is 12.7. The van der Waals surface area contributed by atoms with Crippen LogP contribution in [0.2, 0.25) is 0 Å². The van der Waals surface area contributed by atoms with Crippen LogP contribution in [0.5, 0.6) is 5.75 Å². The van der Waals surface area contributed by atoms with Gasteiger partial charge >= 0.3 is 0 Å². The highest BCUT2D eigenvalue weighted by molar-refractivity contribution is 6.10. The fourth-order valence-electron chi connectivity index (χ4n) is 3.64. The first-order chi connectivity index (χ1) is 12.9. The highest BCUT2D eigenvalue weighted by Crippen LogP contribution is 2.33. The summed E-state index contributed by atoms with van der Waals surface area (Å²) in [5.41, 5.74) is 6.46. The molecular formula is C24H20O3. The molecule has 0 fully saturated rings. The number of benzene rings is 3. The van der Waals surface area contributed by atoms with Gasteiger partial charge in [-0.15, -0.1) is 0 Å². The summed E-state index contributed by atoms with van der Waals surface area (Å²) in [5.74, 6) is 0.855. The van der Waals surface area contributed by atoms with Gasteiger partial charge in [0.1, 0.15) is 17.1 Å². The van der Waals surface area contributed by atoms with Gasteiger partial charge in [-0.2, -0.15) is 0 Å². The van der Waals surface area contributed by atoms with E-state index in [9.17, 15) is 9.90 Å². The SMILES string of the molecule is Cc1cc(C)c(-c2cc3ccc(C(=O)c4ccc(O)cc4)cc3o2)c(C)c1. The molecular weight excluding hydrogens is 336 g/mol. The summed E-state index contributed by atoms with van der Waals surface area (Å²) in [4.78, 5) is 12.7. The number of hydrogen-bond donors (Lipinski definition) is 1. The van der Waals surface area contributed by atoms with Crippen molar-refractivity contribution in [2.75, 3.05) is 0 Å². The number of rotatable bonds is 3.